The lowest BCUT2D eigenvalue weighted by atomic mass is 10.1. The van der Waals surface area contributed by atoms with Crippen LogP contribution in [-0.4, -0.2) is 54.2 Å². The third-order valence-corrected chi connectivity index (χ3v) is 8.97. The number of hydrogen-bond donors (Lipinski definition) is 8. The minimum absolute atomic E-state index is 0.00612. The molecule has 0 saturated heterocycles. The van der Waals surface area contributed by atoms with Crippen molar-refractivity contribution < 1.29 is 30.7 Å². The number of nitrogens with zero attached hydrogens (tertiary/aromatic N) is 1. The number of nitrogens with two attached hydrogens (primary N) is 1. The molecule has 2 atom stereocenters. The zero-order chi connectivity index (χ0) is 35.1. The van der Waals surface area contributed by atoms with Crippen LogP contribution >= 0.6 is 24.4 Å². The molecule has 4 rings (SSSR count). The fourth-order valence-electron chi connectivity index (χ4n) is 4.55. The van der Waals surface area contributed by atoms with Crippen molar-refractivity contribution in [3.05, 3.63) is 90.0 Å². The third kappa shape index (κ3) is 9.48. The summed E-state index contributed by atoms with van der Waals surface area (Å²) in [4.78, 5) is 15.3. The fourth-order valence-corrected chi connectivity index (χ4v) is 6.25. The first-order valence-corrected chi connectivity index (χ1v) is 17.5. The van der Waals surface area contributed by atoms with Gasteiger partial charge in [-0.05, 0) is 89.7 Å². The molecular weight excluding hydrogens is 699 g/mol. The molecule has 0 aliphatic rings. The van der Waals surface area contributed by atoms with E-state index in [1.807, 2.05) is 42.5 Å². The molecule has 14 nitrogen and oxygen atoms in total. The van der Waals surface area contributed by atoms with Gasteiger partial charge in [0.25, 0.3) is 26.1 Å². The molecule has 0 fully saturated rings. The van der Waals surface area contributed by atoms with E-state index in [1.54, 1.807) is 6.92 Å². The second kappa shape index (κ2) is 15.5. The summed E-state index contributed by atoms with van der Waals surface area (Å²) in [5.41, 5.74) is 8.75. The molecule has 4 aromatic carbocycles. The van der Waals surface area contributed by atoms with Gasteiger partial charge in [0.2, 0.25) is 0 Å². The van der Waals surface area contributed by atoms with Gasteiger partial charge in [-0.15, -0.1) is 0 Å². The van der Waals surface area contributed by atoms with E-state index in [0.29, 0.717) is 5.69 Å². The Hall–Kier alpha value is -4.62. The van der Waals surface area contributed by atoms with Crippen LogP contribution in [0.2, 0.25) is 0 Å². The van der Waals surface area contributed by atoms with Gasteiger partial charge < -0.3 is 10.6 Å². The van der Waals surface area contributed by atoms with Gasteiger partial charge in [0.05, 0.1) is 16.9 Å². The quantitative estimate of drug-likeness (QED) is 0.0197. The lowest BCUT2D eigenvalue weighted by Gasteiger charge is -2.26. The number of hydrogen-bond acceptors (Lipinski definition) is 11. The van der Waals surface area contributed by atoms with Crippen molar-refractivity contribution >= 4 is 101 Å². The normalized spacial score (nSPS) is 12.9. The smallest absolute Gasteiger partial charge is 0.295 e. The highest BCUT2D eigenvalue weighted by molar-refractivity contribution is 7.86. The lowest BCUT2D eigenvalue weighted by molar-refractivity contribution is -0.122. The average Bonchev–Trinajstić information content (AvgIpc) is 3.04. The molecule has 1 amide bonds. The summed E-state index contributed by atoms with van der Waals surface area (Å²) >= 11 is 9.85. The summed E-state index contributed by atoms with van der Waals surface area (Å²) < 4.78 is 68.0. The van der Waals surface area contributed by atoms with E-state index in [4.69, 9.17) is 18.1 Å². The van der Waals surface area contributed by atoms with Crippen molar-refractivity contribution in [1.82, 2.24) is 16.3 Å². The molecule has 18 heteroatoms. The first-order valence-electron chi connectivity index (χ1n) is 13.8. The highest BCUT2D eigenvalue weighted by atomic mass is 32.2. The van der Waals surface area contributed by atoms with Gasteiger partial charge in [0, 0.05) is 11.4 Å². The molecule has 0 aliphatic carbocycles. The van der Waals surface area contributed by atoms with Crippen LogP contribution in [0.25, 0.3) is 22.9 Å². The number of carbonyl (C=O) groups is 1. The number of benzene rings is 4. The summed E-state index contributed by atoms with van der Waals surface area (Å²) in [5, 5.41) is 10.0. The Morgan fingerprint density at radius 2 is 1.48 bits per heavy atom. The predicted molar refractivity (Wildman–Crippen MR) is 192 cm³/mol. The second-order valence-corrected chi connectivity index (χ2v) is 13.5. The molecule has 0 aromatic heterocycles. The number of aliphatic imine (C=N–C) groups is 1. The van der Waals surface area contributed by atoms with Crippen molar-refractivity contribution in [2.24, 2.45) is 10.8 Å². The molecular formula is C30H29N7O7S4. The van der Waals surface area contributed by atoms with Crippen LogP contribution in [0, 0.1) is 0 Å². The zero-order valence-electron chi connectivity index (χ0n) is 24.9. The molecule has 9 N–H and O–H groups in total. The predicted octanol–water partition coefficient (Wildman–Crippen LogP) is 3.89. The summed E-state index contributed by atoms with van der Waals surface area (Å²) in [6, 6.07) is 19.7. The summed E-state index contributed by atoms with van der Waals surface area (Å²) in [7, 11) is -9.47. The SMILES string of the molecule is CC(NNC(=S)Nc1ccc(/C=C/c2ccc(N=C=S)cc2S(=O)(=O)O)c(S(=O)(=O)O)c1)C(Nc1ccc2ccccc2c1)C(=O)NN. The van der Waals surface area contributed by atoms with E-state index < -0.39 is 48.0 Å². The topological polar surface area (TPSA) is 224 Å². The number of thiocarbonyl (C=S) groups is 2. The molecule has 0 heterocycles. The number of isothiocyanates is 1. The number of hydrazine groups is 2. The lowest BCUT2D eigenvalue weighted by Crippen LogP contribution is -2.57. The van der Waals surface area contributed by atoms with Crippen molar-refractivity contribution in [2.75, 3.05) is 10.6 Å². The van der Waals surface area contributed by atoms with E-state index in [1.165, 1.54) is 36.4 Å². The van der Waals surface area contributed by atoms with Gasteiger partial charge in [-0.2, -0.15) is 21.8 Å². The highest BCUT2D eigenvalue weighted by Crippen LogP contribution is 2.27. The largest absolute Gasteiger partial charge is 0.372 e. The first kappa shape index (κ1) is 36.2. The van der Waals surface area contributed by atoms with Gasteiger partial charge in [-0.3, -0.25) is 24.8 Å². The molecule has 250 valence electrons. The number of carbonyl (C=O) groups excluding carboxylic acids is 1. The molecule has 0 radical (unpaired) electrons. The second-order valence-electron chi connectivity index (χ2n) is 10.2. The molecule has 48 heavy (non-hydrogen) atoms. The molecule has 4 aromatic rings. The molecule has 0 aliphatic heterocycles. The molecule has 2 unspecified atom stereocenters. The Morgan fingerprint density at radius 1 is 0.875 bits per heavy atom. The van der Waals surface area contributed by atoms with Crippen LogP contribution < -0.4 is 32.8 Å². The molecule has 0 spiro atoms. The standard InChI is InChI=1S/C30H29N7O7S4/c1-18(28(29(38)35-31)33-24-12-8-19-4-2-3-5-22(19)14-24)36-37-30(46)34-25-13-10-21(27(16-25)48(42,43)44)7-6-20-9-11-23(32-17-45)15-26(20)47(39,40)41/h2-16,18,28,33,36H,31H2,1H3,(H,35,38)(H2,34,37,46)(H,39,40,41)(H,42,43,44)/b7-6+. The van der Waals surface area contributed by atoms with Gasteiger partial charge in [0.1, 0.15) is 15.8 Å². The molecule has 0 bridgehead atoms. The van der Waals surface area contributed by atoms with E-state index in [-0.39, 0.29) is 27.6 Å². The Balaban J connectivity index is 1.48. The van der Waals surface area contributed by atoms with Gasteiger partial charge in [-0.1, -0.05) is 54.6 Å². The summed E-state index contributed by atoms with van der Waals surface area (Å²) in [6.07, 6.45) is 2.48. The van der Waals surface area contributed by atoms with Gasteiger partial charge in [0.15, 0.2) is 5.11 Å². The van der Waals surface area contributed by atoms with Gasteiger partial charge in [-0.25, -0.2) is 11.3 Å². The van der Waals surface area contributed by atoms with E-state index in [9.17, 15) is 30.7 Å². The van der Waals surface area contributed by atoms with Crippen molar-refractivity contribution in [3.8, 4) is 0 Å². The van der Waals surface area contributed by atoms with Crippen molar-refractivity contribution in [2.45, 2.75) is 28.8 Å². The Kier molecular flexibility index (Phi) is 11.7. The van der Waals surface area contributed by atoms with Crippen molar-refractivity contribution in [1.29, 1.82) is 0 Å². The van der Waals surface area contributed by atoms with Crippen molar-refractivity contribution in [3.63, 3.8) is 0 Å². The van der Waals surface area contributed by atoms with Crippen LogP contribution in [0.3, 0.4) is 0 Å². The number of anilines is 2. The van der Waals surface area contributed by atoms with Crippen LogP contribution in [0.5, 0.6) is 0 Å². The van der Waals surface area contributed by atoms with E-state index in [2.05, 4.69) is 49.3 Å². The number of rotatable bonds is 12. The Bertz CT molecular complexity index is 2170. The van der Waals surface area contributed by atoms with E-state index >= 15 is 0 Å². The zero-order valence-corrected chi connectivity index (χ0v) is 28.2. The Labute approximate surface area is 287 Å². The first-order chi connectivity index (χ1) is 22.7. The van der Waals surface area contributed by atoms with E-state index in [0.717, 1.165) is 22.9 Å². The number of nitrogens with one attached hydrogen (secondary N) is 5. The van der Waals surface area contributed by atoms with Gasteiger partial charge >= 0.3 is 0 Å². The monoisotopic (exact) mass is 727 g/mol. The average molecular weight is 728 g/mol. The van der Waals surface area contributed by atoms with Crippen LogP contribution in [0.15, 0.2) is 93.6 Å². The fraction of sp³-hybridized carbons (Fsp3) is 0.100. The maximum absolute atomic E-state index is 12.6. The third-order valence-electron chi connectivity index (χ3n) is 6.85. The minimum Gasteiger partial charge on any atom is -0.372 e. The maximum Gasteiger partial charge on any atom is 0.295 e. The Morgan fingerprint density at radius 3 is 2.10 bits per heavy atom. The van der Waals surface area contributed by atoms with Crippen LogP contribution in [0.4, 0.5) is 17.1 Å². The number of fused-ring (bicyclic) bond motifs is 1. The summed E-state index contributed by atoms with van der Waals surface area (Å²) in [5.74, 6) is 4.92. The van der Waals surface area contributed by atoms with Crippen LogP contribution in [0.1, 0.15) is 18.1 Å². The minimum atomic E-state index is -4.78. The number of amides is 1. The highest BCUT2D eigenvalue weighted by Gasteiger charge is 2.25. The maximum atomic E-state index is 12.6. The summed E-state index contributed by atoms with van der Waals surface area (Å²) in [6.45, 7) is 1.70. The molecule has 0 saturated carbocycles. The van der Waals surface area contributed by atoms with Crippen LogP contribution in [-0.2, 0) is 25.0 Å².